The minimum absolute atomic E-state index is 0.202. The summed E-state index contributed by atoms with van der Waals surface area (Å²) >= 11 is 0. The Morgan fingerprint density at radius 1 is 1.18 bits per heavy atom. The fraction of sp³-hybridized carbons (Fsp3) is 0.125. The van der Waals surface area contributed by atoms with Crippen LogP contribution in [0.4, 0.5) is 10.1 Å². The number of nitrogens with one attached hydrogen (secondary N) is 1. The predicted molar refractivity (Wildman–Crippen MR) is 80.2 cm³/mol. The summed E-state index contributed by atoms with van der Waals surface area (Å²) in [6.07, 6.45) is 0. The van der Waals surface area contributed by atoms with Crippen LogP contribution in [0.3, 0.4) is 0 Å². The van der Waals surface area contributed by atoms with Gasteiger partial charge in [-0.25, -0.2) is 4.39 Å². The third kappa shape index (κ3) is 4.05. The molecule has 2 aromatic rings. The molecule has 0 unspecified atom stereocenters. The lowest BCUT2D eigenvalue weighted by Crippen LogP contribution is -2.21. The Balaban J connectivity index is 1.96. The fourth-order valence-corrected chi connectivity index (χ4v) is 1.77. The van der Waals surface area contributed by atoms with Crippen molar-refractivity contribution in [2.75, 3.05) is 11.9 Å². The smallest absolute Gasteiger partial charge is 0.262 e. The molecule has 6 heteroatoms. The summed E-state index contributed by atoms with van der Waals surface area (Å²) in [5, 5.41) is 2.51. The lowest BCUT2D eigenvalue weighted by atomic mass is 10.2. The van der Waals surface area contributed by atoms with Crippen LogP contribution >= 0.6 is 0 Å². The molecule has 0 aliphatic heterocycles. The summed E-state index contributed by atoms with van der Waals surface area (Å²) in [5.41, 5.74) is 6.12. The number of carbonyl (C=O) groups excluding carboxylic acids is 2. The SMILES string of the molecule is Cc1ccc(OCC(=O)Nc2ccc(F)c(C(N)=O)c2)cc1. The van der Waals surface area contributed by atoms with Crippen LogP contribution in [0.25, 0.3) is 0 Å². The number of nitrogens with two attached hydrogens (primary N) is 1. The summed E-state index contributed by atoms with van der Waals surface area (Å²) in [6.45, 7) is 1.74. The number of anilines is 1. The van der Waals surface area contributed by atoms with E-state index in [-0.39, 0.29) is 17.9 Å². The highest BCUT2D eigenvalue weighted by Gasteiger charge is 2.11. The first-order valence-corrected chi connectivity index (χ1v) is 6.54. The van der Waals surface area contributed by atoms with E-state index in [4.69, 9.17) is 10.5 Å². The first-order chi connectivity index (χ1) is 10.5. The van der Waals surface area contributed by atoms with Crippen molar-refractivity contribution in [2.45, 2.75) is 6.92 Å². The Bertz CT molecular complexity index is 699. The minimum Gasteiger partial charge on any atom is -0.484 e. The molecule has 114 valence electrons. The van der Waals surface area contributed by atoms with Crippen molar-refractivity contribution < 1.29 is 18.7 Å². The van der Waals surface area contributed by atoms with Crippen LogP contribution in [-0.4, -0.2) is 18.4 Å². The maximum absolute atomic E-state index is 13.3. The highest BCUT2D eigenvalue weighted by molar-refractivity contribution is 5.96. The van der Waals surface area contributed by atoms with Gasteiger partial charge in [-0.15, -0.1) is 0 Å². The van der Waals surface area contributed by atoms with Crippen LogP contribution < -0.4 is 15.8 Å². The molecule has 3 N–H and O–H groups in total. The second kappa shape index (κ2) is 6.71. The molecule has 0 atom stereocenters. The van der Waals surface area contributed by atoms with Crippen molar-refractivity contribution in [1.29, 1.82) is 0 Å². The van der Waals surface area contributed by atoms with Gasteiger partial charge in [-0.05, 0) is 37.3 Å². The van der Waals surface area contributed by atoms with Crippen LogP contribution in [-0.2, 0) is 4.79 Å². The topological polar surface area (TPSA) is 81.4 Å². The van der Waals surface area contributed by atoms with E-state index < -0.39 is 17.6 Å². The summed E-state index contributed by atoms with van der Waals surface area (Å²) in [5.74, 6) is -1.49. The Labute approximate surface area is 126 Å². The molecular formula is C16H15FN2O3. The normalized spacial score (nSPS) is 10.1. The number of halogens is 1. The average molecular weight is 302 g/mol. The Morgan fingerprint density at radius 2 is 1.86 bits per heavy atom. The largest absolute Gasteiger partial charge is 0.484 e. The minimum atomic E-state index is -0.899. The predicted octanol–water partition coefficient (Wildman–Crippen LogP) is 2.25. The van der Waals surface area contributed by atoms with Crippen LogP contribution in [0.5, 0.6) is 5.75 Å². The van der Waals surface area contributed by atoms with Gasteiger partial charge in [0.15, 0.2) is 6.61 Å². The number of ether oxygens (including phenoxy) is 1. The van der Waals surface area contributed by atoms with E-state index in [0.717, 1.165) is 11.6 Å². The second-order valence-electron chi connectivity index (χ2n) is 4.71. The quantitative estimate of drug-likeness (QED) is 0.888. The number of aryl methyl sites for hydroxylation is 1. The zero-order chi connectivity index (χ0) is 16.1. The molecule has 0 spiro atoms. The number of carbonyl (C=O) groups is 2. The van der Waals surface area contributed by atoms with Gasteiger partial charge in [-0.2, -0.15) is 0 Å². The van der Waals surface area contributed by atoms with Crippen LogP contribution in [0.2, 0.25) is 0 Å². The summed E-state index contributed by atoms with van der Waals surface area (Å²) in [4.78, 5) is 22.8. The van der Waals surface area contributed by atoms with Crippen LogP contribution in [0.1, 0.15) is 15.9 Å². The van der Waals surface area contributed by atoms with Crippen molar-refractivity contribution in [2.24, 2.45) is 5.73 Å². The summed E-state index contributed by atoms with van der Waals surface area (Å²) in [6, 6.07) is 10.8. The van der Waals surface area contributed by atoms with Crippen molar-refractivity contribution in [3.8, 4) is 5.75 Å². The molecule has 5 nitrogen and oxygen atoms in total. The fourth-order valence-electron chi connectivity index (χ4n) is 1.77. The van der Waals surface area contributed by atoms with Crippen molar-refractivity contribution in [3.05, 3.63) is 59.4 Å². The van der Waals surface area contributed by atoms with Gasteiger partial charge in [0.2, 0.25) is 0 Å². The molecule has 0 heterocycles. The van der Waals surface area contributed by atoms with E-state index in [1.54, 1.807) is 12.1 Å². The van der Waals surface area contributed by atoms with Gasteiger partial charge >= 0.3 is 0 Å². The van der Waals surface area contributed by atoms with Crippen molar-refractivity contribution >= 4 is 17.5 Å². The number of primary amides is 1. The third-order valence-corrected chi connectivity index (χ3v) is 2.91. The first kappa shape index (κ1) is 15.5. The maximum atomic E-state index is 13.3. The molecule has 0 saturated carbocycles. The molecule has 0 bridgehead atoms. The van der Waals surface area contributed by atoms with E-state index in [2.05, 4.69) is 5.32 Å². The van der Waals surface area contributed by atoms with Gasteiger partial charge in [0.05, 0.1) is 5.56 Å². The Kier molecular flexibility index (Phi) is 4.73. The number of amides is 2. The molecule has 0 aliphatic rings. The van der Waals surface area contributed by atoms with Crippen molar-refractivity contribution in [3.63, 3.8) is 0 Å². The first-order valence-electron chi connectivity index (χ1n) is 6.54. The zero-order valence-electron chi connectivity index (χ0n) is 11.9. The molecule has 0 fully saturated rings. The summed E-state index contributed by atoms with van der Waals surface area (Å²) in [7, 11) is 0. The molecule has 0 aromatic heterocycles. The number of benzene rings is 2. The molecule has 2 amide bonds. The number of hydrogen-bond donors (Lipinski definition) is 2. The van der Waals surface area contributed by atoms with Crippen LogP contribution in [0.15, 0.2) is 42.5 Å². The Morgan fingerprint density at radius 3 is 2.50 bits per heavy atom. The molecule has 0 saturated heterocycles. The van der Waals surface area contributed by atoms with Crippen molar-refractivity contribution in [1.82, 2.24) is 0 Å². The molecule has 2 aromatic carbocycles. The van der Waals surface area contributed by atoms with E-state index in [0.29, 0.717) is 5.75 Å². The Hall–Kier alpha value is -2.89. The zero-order valence-corrected chi connectivity index (χ0v) is 11.9. The molecule has 0 aliphatic carbocycles. The molecule has 0 radical (unpaired) electrons. The van der Waals surface area contributed by atoms with Gasteiger partial charge in [-0.3, -0.25) is 9.59 Å². The van der Waals surface area contributed by atoms with E-state index in [9.17, 15) is 14.0 Å². The molecule has 2 rings (SSSR count). The highest BCUT2D eigenvalue weighted by Crippen LogP contribution is 2.15. The lowest BCUT2D eigenvalue weighted by Gasteiger charge is -2.09. The van der Waals surface area contributed by atoms with E-state index >= 15 is 0 Å². The average Bonchev–Trinajstić information content (AvgIpc) is 2.48. The van der Waals surface area contributed by atoms with Gasteiger partial charge < -0.3 is 15.8 Å². The maximum Gasteiger partial charge on any atom is 0.262 e. The molecular weight excluding hydrogens is 287 g/mol. The van der Waals surface area contributed by atoms with Gasteiger partial charge in [-0.1, -0.05) is 17.7 Å². The van der Waals surface area contributed by atoms with Gasteiger partial charge in [0, 0.05) is 5.69 Å². The van der Waals surface area contributed by atoms with E-state index in [1.165, 1.54) is 12.1 Å². The highest BCUT2D eigenvalue weighted by atomic mass is 19.1. The number of hydrogen-bond acceptors (Lipinski definition) is 3. The third-order valence-electron chi connectivity index (χ3n) is 2.91. The van der Waals surface area contributed by atoms with Crippen LogP contribution in [0, 0.1) is 12.7 Å². The lowest BCUT2D eigenvalue weighted by molar-refractivity contribution is -0.118. The summed E-state index contributed by atoms with van der Waals surface area (Å²) < 4.78 is 18.6. The van der Waals surface area contributed by atoms with E-state index in [1.807, 2.05) is 19.1 Å². The second-order valence-corrected chi connectivity index (χ2v) is 4.71. The van der Waals surface area contributed by atoms with Gasteiger partial charge in [0.25, 0.3) is 11.8 Å². The van der Waals surface area contributed by atoms with Gasteiger partial charge in [0.1, 0.15) is 11.6 Å². The number of rotatable bonds is 5. The standard InChI is InChI=1S/C16H15FN2O3/c1-10-2-5-12(6-3-10)22-9-15(20)19-11-4-7-14(17)13(8-11)16(18)21/h2-8H,9H2,1H3,(H2,18,21)(H,19,20). The monoisotopic (exact) mass is 302 g/mol. The molecule has 22 heavy (non-hydrogen) atoms.